The Kier molecular flexibility index (Phi) is 5.94. The molecule has 1 fully saturated rings. The molecule has 0 saturated carbocycles. The largest absolute Gasteiger partial charge is 0.489 e. The summed E-state index contributed by atoms with van der Waals surface area (Å²) in [6.45, 7) is 3.23. The van der Waals surface area contributed by atoms with Crippen molar-refractivity contribution in [3.05, 3.63) is 64.4 Å². The Morgan fingerprint density at radius 3 is 2.76 bits per heavy atom. The van der Waals surface area contributed by atoms with E-state index in [2.05, 4.69) is 30.0 Å². The number of likely N-dealkylation sites (N-methyl/N-ethyl adjacent to an activating group) is 1. The Balaban J connectivity index is 1.60. The minimum Gasteiger partial charge on any atom is -0.489 e. The minimum atomic E-state index is -0.338. The standard InChI is InChI=1S/C20H24ClFN2O/c1-23(2)16-9-10-24(13-16)12-15-5-3-6-17(11-15)25-14-18-19(21)7-4-8-20(18)22/h3-8,11,16H,9-10,12-14H2,1-2H3. The Morgan fingerprint density at radius 2 is 2.04 bits per heavy atom. The van der Waals surface area contributed by atoms with Gasteiger partial charge in [0.15, 0.2) is 0 Å². The van der Waals surface area contributed by atoms with Crippen LogP contribution in [0.1, 0.15) is 17.5 Å². The summed E-state index contributed by atoms with van der Waals surface area (Å²) in [5.41, 5.74) is 1.60. The fraction of sp³-hybridized carbons (Fsp3) is 0.400. The lowest BCUT2D eigenvalue weighted by molar-refractivity contribution is 0.264. The molecule has 1 aliphatic heterocycles. The van der Waals surface area contributed by atoms with Gasteiger partial charge in [-0.3, -0.25) is 4.90 Å². The van der Waals surface area contributed by atoms with Crippen LogP contribution < -0.4 is 4.74 Å². The van der Waals surface area contributed by atoms with Crippen LogP contribution in [0.2, 0.25) is 5.02 Å². The molecule has 2 aromatic rings. The van der Waals surface area contributed by atoms with E-state index in [1.807, 2.05) is 18.2 Å². The van der Waals surface area contributed by atoms with E-state index < -0.39 is 0 Å². The molecule has 3 nitrogen and oxygen atoms in total. The molecule has 1 aliphatic rings. The maximum atomic E-state index is 13.8. The molecule has 1 saturated heterocycles. The molecule has 25 heavy (non-hydrogen) atoms. The third-order valence-corrected chi connectivity index (χ3v) is 5.08. The number of ether oxygens (including phenoxy) is 1. The highest BCUT2D eigenvalue weighted by molar-refractivity contribution is 6.31. The number of nitrogens with zero attached hydrogens (tertiary/aromatic N) is 2. The van der Waals surface area contributed by atoms with Crippen LogP contribution >= 0.6 is 11.6 Å². The highest BCUT2D eigenvalue weighted by Crippen LogP contribution is 2.23. The van der Waals surface area contributed by atoms with Crippen LogP contribution in [0.4, 0.5) is 4.39 Å². The number of halogens is 2. The van der Waals surface area contributed by atoms with Crippen LogP contribution in [0.3, 0.4) is 0 Å². The highest BCUT2D eigenvalue weighted by atomic mass is 35.5. The van der Waals surface area contributed by atoms with Crippen molar-refractivity contribution in [1.29, 1.82) is 0 Å². The van der Waals surface area contributed by atoms with Gasteiger partial charge in [-0.25, -0.2) is 4.39 Å². The molecule has 0 amide bonds. The molecule has 0 spiro atoms. The SMILES string of the molecule is CN(C)C1CCN(Cc2cccc(OCc3c(F)cccc3Cl)c2)C1. The maximum Gasteiger partial charge on any atom is 0.131 e. The van der Waals surface area contributed by atoms with Crippen LogP contribution in [-0.2, 0) is 13.2 Å². The molecule has 2 aromatic carbocycles. The van der Waals surface area contributed by atoms with Gasteiger partial charge in [0.1, 0.15) is 18.2 Å². The third kappa shape index (κ3) is 4.72. The predicted molar refractivity (Wildman–Crippen MR) is 99.6 cm³/mol. The van der Waals surface area contributed by atoms with E-state index in [9.17, 15) is 4.39 Å². The lowest BCUT2D eigenvalue weighted by Crippen LogP contribution is -2.31. The molecule has 5 heteroatoms. The molecule has 1 heterocycles. The summed E-state index contributed by atoms with van der Waals surface area (Å²) < 4.78 is 19.6. The molecule has 1 unspecified atom stereocenters. The van der Waals surface area contributed by atoms with Gasteiger partial charge in [-0.05, 0) is 50.3 Å². The number of hydrogen-bond acceptors (Lipinski definition) is 3. The maximum absolute atomic E-state index is 13.8. The van der Waals surface area contributed by atoms with Gasteiger partial charge in [-0.1, -0.05) is 29.8 Å². The summed E-state index contributed by atoms with van der Waals surface area (Å²) in [5, 5.41) is 0.392. The molecule has 1 atom stereocenters. The Hall–Kier alpha value is -1.62. The number of likely N-dealkylation sites (tertiary alicyclic amines) is 1. The van der Waals surface area contributed by atoms with Crippen molar-refractivity contribution in [3.8, 4) is 5.75 Å². The Bertz CT molecular complexity index is 702. The number of rotatable bonds is 6. The smallest absolute Gasteiger partial charge is 0.131 e. The zero-order valence-electron chi connectivity index (χ0n) is 14.7. The first-order valence-electron chi connectivity index (χ1n) is 8.56. The van der Waals surface area contributed by atoms with E-state index in [4.69, 9.17) is 16.3 Å². The molecular formula is C20H24ClFN2O. The van der Waals surface area contributed by atoms with E-state index in [0.29, 0.717) is 16.6 Å². The van der Waals surface area contributed by atoms with Crippen LogP contribution in [0.15, 0.2) is 42.5 Å². The van der Waals surface area contributed by atoms with Gasteiger partial charge in [0, 0.05) is 31.2 Å². The lowest BCUT2D eigenvalue weighted by atomic mass is 10.2. The van der Waals surface area contributed by atoms with Crippen molar-refractivity contribution in [2.24, 2.45) is 0 Å². The van der Waals surface area contributed by atoms with Crippen molar-refractivity contribution in [3.63, 3.8) is 0 Å². The second-order valence-electron chi connectivity index (χ2n) is 6.78. The summed E-state index contributed by atoms with van der Waals surface area (Å²) >= 11 is 6.05. The van der Waals surface area contributed by atoms with E-state index >= 15 is 0 Å². The van der Waals surface area contributed by atoms with Gasteiger partial charge in [0.2, 0.25) is 0 Å². The minimum absolute atomic E-state index is 0.126. The monoisotopic (exact) mass is 362 g/mol. The Labute approximate surface area is 154 Å². The van der Waals surface area contributed by atoms with E-state index in [0.717, 1.165) is 25.4 Å². The summed E-state index contributed by atoms with van der Waals surface area (Å²) in [6, 6.07) is 13.3. The molecule has 0 aromatic heterocycles. The normalized spacial score (nSPS) is 18.0. The van der Waals surface area contributed by atoms with Gasteiger partial charge in [0.25, 0.3) is 0 Å². The van der Waals surface area contributed by atoms with Crippen molar-refractivity contribution in [1.82, 2.24) is 9.80 Å². The second kappa shape index (κ2) is 8.17. The number of benzene rings is 2. The topological polar surface area (TPSA) is 15.7 Å². The summed E-state index contributed by atoms with van der Waals surface area (Å²) in [5.74, 6) is 0.399. The average Bonchev–Trinajstić information content (AvgIpc) is 3.03. The third-order valence-electron chi connectivity index (χ3n) is 4.73. The zero-order valence-corrected chi connectivity index (χ0v) is 15.5. The zero-order chi connectivity index (χ0) is 17.8. The van der Waals surface area contributed by atoms with Gasteiger partial charge in [-0.15, -0.1) is 0 Å². The van der Waals surface area contributed by atoms with Crippen LogP contribution in [-0.4, -0.2) is 43.0 Å². The van der Waals surface area contributed by atoms with Crippen molar-refractivity contribution < 1.29 is 9.13 Å². The lowest BCUT2D eigenvalue weighted by Gasteiger charge is -2.20. The van der Waals surface area contributed by atoms with E-state index in [-0.39, 0.29) is 12.4 Å². The van der Waals surface area contributed by atoms with Crippen molar-refractivity contribution in [2.75, 3.05) is 27.2 Å². The first-order chi connectivity index (χ1) is 12.0. The van der Waals surface area contributed by atoms with Gasteiger partial charge in [0.05, 0.1) is 5.02 Å². The van der Waals surface area contributed by atoms with E-state index in [1.165, 1.54) is 18.1 Å². The predicted octanol–water partition coefficient (Wildman–Crippen LogP) is 4.19. The van der Waals surface area contributed by atoms with Gasteiger partial charge < -0.3 is 9.64 Å². The first-order valence-corrected chi connectivity index (χ1v) is 8.94. The Morgan fingerprint density at radius 1 is 1.24 bits per heavy atom. The molecular weight excluding hydrogens is 339 g/mol. The van der Waals surface area contributed by atoms with Gasteiger partial charge in [-0.2, -0.15) is 0 Å². The quantitative estimate of drug-likeness (QED) is 0.766. The summed E-state index contributed by atoms with van der Waals surface area (Å²) in [4.78, 5) is 4.75. The van der Waals surface area contributed by atoms with Gasteiger partial charge >= 0.3 is 0 Å². The highest BCUT2D eigenvalue weighted by Gasteiger charge is 2.23. The van der Waals surface area contributed by atoms with Crippen LogP contribution in [0.5, 0.6) is 5.75 Å². The van der Waals surface area contributed by atoms with Crippen LogP contribution in [0, 0.1) is 5.82 Å². The fourth-order valence-corrected chi connectivity index (χ4v) is 3.41. The average molecular weight is 363 g/mol. The summed E-state index contributed by atoms with van der Waals surface area (Å²) in [6.07, 6.45) is 1.20. The van der Waals surface area contributed by atoms with E-state index in [1.54, 1.807) is 12.1 Å². The molecule has 0 bridgehead atoms. The van der Waals surface area contributed by atoms with Crippen molar-refractivity contribution >= 4 is 11.6 Å². The molecule has 3 rings (SSSR count). The summed E-state index contributed by atoms with van der Waals surface area (Å²) in [7, 11) is 4.27. The second-order valence-corrected chi connectivity index (χ2v) is 7.18. The van der Waals surface area contributed by atoms with Crippen molar-refractivity contribution in [2.45, 2.75) is 25.6 Å². The number of hydrogen-bond donors (Lipinski definition) is 0. The first kappa shape index (κ1) is 18.2. The fourth-order valence-electron chi connectivity index (χ4n) is 3.19. The molecule has 0 N–H and O–H groups in total. The molecule has 134 valence electrons. The van der Waals surface area contributed by atoms with Crippen LogP contribution in [0.25, 0.3) is 0 Å². The molecule has 0 radical (unpaired) electrons. The molecule has 0 aliphatic carbocycles.